The number of ether oxygens (including phenoxy) is 3. The lowest BCUT2D eigenvalue weighted by Gasteiger charge is -2.23. The number of carboxylic acid groups (broad SMARTS) is 1. The fourth-order valence-corrected chi connectivity index (χ4v) is 2.37. The molecular weight excluding hydrogens is 348 g/mol. The Morgan fingerprint density at radius 3 is 2.08 bits per heavy atom. The van der Waals surface area contributed by atoms with Gasteiger partial charge in [0.2, 0.25) is 0 Å². The molecule has 4 N–H and O–H groups in total. The molecule has 8 nitrogen and oxygen atoms in total. The van der Waals surface area contributed by atoms with E-state index in [9.17, 15) is 9.90 Å². The largest absolute Gasteiger partial charge is 0.480 e. The third-order valence-electron chi connectivity index (χ3n) is 3.21. The molecular formula is C16H34N2O6S. The number of carbonyl (C=O) groups is 1. The normalized spacial score (nSPS) is 15.3. The van der Waals surface area contributed by atoms with Gasteiger partial charge in [0.15, 0.2) is 0 Å². The van der Waals surface area contributed by atoms with Gasteiger partial charge in [-0.1, -0.05) is 13.8 Å². The molecule has 0 bridgehead atoms. The summed E-state index contributed by atoms with van der Waals surface area (Å²) < 4.78 is 16.3. The van der Waals surface area contributed by atoms with Crippen LogP contribution in [0.2, 0.25) is 0 Å². The number of nitrogens with one attached hydrogen (secondary N) is 2. The molecule has 0 aromatic carbocycles. The summed E-state index contributed by atoms with van der Waals surface area (Å²) in [6.45, 7) is 9.37. The lowest BCUT2D eigenvalue weighted by molar-refractivity contribution is -0.142. The molecule has 0 aromatic rings. The quantitative estimate of drug-likeness (QED) is 0.206. The average Bonchev–Trinajstić information content (AvgIpc) is 2.54. The first-order chi connectivity index (χ1) is 11.9. The average molecular weight is 383 g/mol. The zero-order chi connectivity index (χ0) is 19.1. The summed E-state index contributed by atoms with van der Waals surface area (Å²) in [5.74, 6) is -1.08. The van der Waals surface area contributed by atoms with E-state index < -0.39 is 18.1 Å². The molecule has 150 valence electrons. The smallest absolute Gasteiger partial charge is 0.323 e. The van der Waals surface area contributed by atoms with Crippen molar-refractivity contribution in [3.63, 3.8) is 0 Å². The van der Waals surface area contributed by atoms with Crippen LogP contribution >= 0.6 is 11.8 Å². The summed E-state index contributed by atoms with van der Waals surface area (Å²) in [6.07, 6.45) is 0.871. The van der Waals surface area contributed by atoms with Crippen molar-refractivity contribution < 1.29 is 29.2 Å². The first-order valence-electron chi connectivity index (χ1n) is 8.54. The number of aliphatic hydroxyl groups excluding tert-OH is 1. The molecule has 0 spiro atoms. The number of hydrogen-bond donors (Lipinski definition) is 4. The second kappa shape index (κ2) is 15.8. The monoisotopic (exact) mass is 382 g/mol. The number of hydrogen-bond acceptors (Lipinski definition) is 8. The number of thioether (sulfide) groups is 1. The van der Waals surface area contributed by atoms with Crippen LogP contribution < -0.4 is 10.6 Å². The molecule has 0 radical (unpaired) electrons. The Balaban J connectivity index is 3.60. The maximum Gasteiger partial charge on any atom is 0.323 e. The van der Waals surface area contributed by atoms with Gasteiger partial charge in [-0.2, -0.15) is 0 Å². The van der Waals surface area contributed by atoms with Crippen LogP contribution in [-0.4, -0.2) is 92.2 Å². The minimum atomic E-state index is -1.08. The third-order valence-corrected chi connectivity index (χ3v) is 4.05. The fraction of sp³-hybridized carbons (Fsp3) is 0.938. The summed E-state index contributed by atoms with van der Waals surface area (Å²) in [6, 6.07) is -0.553. The van der Waals surface area contributed by atoms with Crippen molar-refractivity contribution in [2.75, 3.05) is 52.4 Å². The van der Waals surface area contributed by atoms with E-state index in [0.717, 1.165) is 6.54 Å². The van der Waals surface area contributed by atoms with E-state index >= 15 is 0 Å². The highest BCUT2D eigenvalue weighted by molar-refractivity contribution is 7.99. The van der Waals surface area contributed by atoms with Gasteiger partial charge in [-0.25, -0.2) is 0 Å². The molecule has 0 aliphatic rings. The maximum atomic E-state index is 11.1. The van der Waals surface area contributed by atoms with Crippen LogP contribution in [0.4, 0.5) is 0 Å². The Hall–Kier alpha value is -0.420. The third kappa shape index (κ3) is 14.4. The topological polar surface area (TPSA) is 109 Å². The second-order valence-corrected chi connectivity index (χ2v) is 6.90. The minimum Gasteiger partial charge on any atom is -0.480 e. The highest BCUT2D eigenvalue weighted by atomic mass is 32.2. The predicted molar refractivity (Wildman–Crippen MR) is 99.1 cm³/mol. The summed E-state index contributed by atoms with van der Waals surface area (Å²) in [5.41, 5.74) is 0. The van der Waals surface area contributed by atoms with E-state index in [1.165, 1.54) is 18.7 Å². The molecule has 0 amide bonds. The molecule has 1 unspecified atom stereocenters. The van der Waals surface area contributed by atoms with Crippen molar-refractivity contribution in [1.29, 1.82) is 0 Å². The Labute approximate surface area is 155 Å². The highest BCUT2D eigenvalue weighted by Gasteiger charge is 2.25. The molecule has 0 saturated heterocycles. The van der Waals surface area contributed by atoms with E-state index in [1.807, 2.05) is 6.26 Å². The zero-order valence-electron chi connectivity index (χ0n) is 15.7. The molecule has 3 atom stereocenters. The summed E-state index contributed by atoms with van der Waals surface area (Å²) in [4.78, 5) is 11.1. The van der Waals surface area contributed by atoms with Crippen LogP contribution in [0.25, 0.3) is 0 Å². The standard InChI is InChI=1S/C16H34N2O6S/c1-12(2)17-5-6-22-7-8-23-9-10-24-11-14(25-4)18-15(13(3)19)16(20)21/h12-15,17-19H,5-11H2,1-4H3,(H,20,21)/t13-,14?,15-/m0/s1. The Kier molecular flexibility index (Phi) is 15.5. The van der Waals surface area contributed by atoms with Crippen molar-refractivity contribution in [3.8, 4) is 0 Å². The van der Waals surface area contributed by atoms with Crippen LogP contribution in [-0.2, 0) is 19.0 Å². The molecule has 0 saturated carbocycles. The molecule has 9 heteroatoms. The van der Waals surface area contributed by atoms with Gasteiger partial charge in [0.05, 0.1) is 51.1 Å². The van der Waals surface area contributed by atoms with E-state index in [0.29, 0.717) is 45.7 Å². The summed E-state index contributed by atoms with van der Waals surface area (Å²) in [5, 5.41) is 24.4. The first-order valence-corrected chi connectivity index (χ1v) is 9.83. The summed E-state index contributed by atoms with van der Waals surface area (Å²) in [7, 11) is 0. The molecule has 0 heterocycles. The Morgan fingerprint density at radius 2 is 1.60 bits per heavy atom. The number of rotatable bonds is 17. The molecule has 0 aliphatic carbocycles. The SMILES string of the molecule is CSC(COCCOCCOCCNC(C)C)N[C@H](C(=O)O)[C@H](C)O. The Morgan fingerprint density at radius 1 is 1.04 bits per heavy atom. The second-order valence-electron chi connectivity index (χ2n) is 5.86. The molecule has 0 fully saturated rings. The van der Waals surface area contributed by atoms with E-state index in [-0.39, 0.29) is 5.37 Å². The van der Waals surface area contributed by atoms with Crippen LogP contribution in [0.15, 0.2) is 0 Å². The van der Waals surface area contributed by atoms with Crippen molar-refractivity contribution in [2.45, 2.75) is 44.3 Å². The van der Waals surface area contributed by atoms with Gasteiger partial charge in [-0.3, -0.25) is 10.1 Å². The van der Waals surface area contributed by atoms with Crippen molar-refractivity contribution in [1.82, 2.24) is 10.6 Å². The van der Waals surface area contributed by atoms with E-state index in [4.69, 9.17) is 19.3 Å². The highest BCUT2D eigenvalue weighted by Crippen LogP contribution is 2.07. The fourth-order valence-electron chi connectivity index (χ4n) is 1.85. The Bertz CT molecular complexity index is 334. The number of aliphatic carboxylic acids is 1. The molecule has 25 heavy (non-hydrogen) atoms. The van der Waals surface area contributed by atoms with E-state index in [1.54, 1.807) is 0 Å². The van der Waals surface area contributed by atoms with Gasteiger partial charge in [-0.05, 0) is 13.2 Å². The number of aliphatic hydroxyl groups is 1. The van der Waals surface area contributed by atoms with Gasteiger partial charge in [0.25, 0.3) is 0 Å². The van der Waals surface area contributed by atoms with Gasteiger partial charge < -0.3 is 29.7 Å². The first kappa shape index (κ1) is 24.6. The molecule has 0 rings (SSSR count). The van der Waals surface area contributed by atoms with Gasteiger partial charge >= 0.3 is 5.97 Å². The lowest BCUT2D eigenvalue weighted by atomic mass is 10.2. The van der Waals surface area contributed by atoms with Gasteiger partial charge in [0, 0.05) is 12.6 Å². The van der Waals surface area contributed by atoms with Crippen molar-refractivity contribution in [3.05, 3.63) is 0 Å². The van der Waals surface area contributed by atoms with Crippen molar-refractivity contribution in [2.24, 2.45) is 0 Å². The lowest BCUT2D eigenvalue weighted by Crippen LogP contribution is -2.49. The van der Waals surface area contributed by atoms with Crippen LogP contribution in [0.3, 0.4) is 0 Å². The van der Waals surface area contributed by atoms with Crippen LogP contribution in [0.5, 0.6) is 0 Å². The van der Waals surface area contributed by atoms with Crippen LogP contribution in [0.1, 0.15) is 20.8 Å². The van der Waals surface area contributed by atoms with Gasteiger partial charge in [-0.15, -0.1) is 11.8 Å². The minimum absolute atomic E-state index is 0.215. The maximum absolute atomic E-state index is 11.1. The predicted octanol–water partition coefficient (Wildman–Crippen LogP) is 0.147. The van der Waals surface area contributed by atoms with Gasteiger partial charge in [0.1, 0.15) is 6.04 Å². The van der Waals surface area contributed by atoms with Crippen molar-refractivity contribution >= 4 is 17.7 Å². The summed E-state index contributed by atoms with van der Waals surface area (Å²) >= 11 is 1.44. The van der Waals surface area contributed by atoms with Crippen LogP contribution in [0, 0.1) is 0 Å². The molecule has 0 aromatic heterocycles. The molecule has 0 aliphatic heterocycles. The zero-order valence-corrected chi connectivity index (χ0v) is 16.5. The number of carboxylic acids is 1. The van der Waals surface area contributed by atoms with E-state index in [2.05, 4.69) is 24.5 Å².